The fraction of sp³-hybridized carbons (Fsp3) is 0.111. The molecule has 0 atom stereocenters. The van der Waals surface area contributed by atoms with Crippen molar-refractivity contribution in [2.45, 2.75) is 0 Å². The molecule has 0 spiro atoms. The van der Waals surface area contributed by atoms with E-state index in [1.807, 2.05) is 12.1 Å². The molecule has 24 heavy (non-hydrogen) atoms. The third-order valence-electron chi connectivity index (χ3n) is 3.51. The predicted molar refractivity (Wildman–Crippen MR) is 87.5 cm³/mol. The molecule has 6 nitrogen and oxygen atoms in total. The average molecular weight is 326 g/mol. The highest BCUT2D eigenvalue weighted by atomic mass is 16.7. The Morgan fingerprint density at radius 3 is 2.58 bits per heavy atom. The van der Waals surface area contributed by atoms with Crippen molar-refractivity contribution >= 4 is 17.1 Å². The molecule has 0 radical (unpaired) electrons. The number of para-hydroxylation sites is 1. The van der Waals surface area contributed by atoms with Gasteiger partial charge in [-0.3, -0.25) is 4.79 Å². The molecule has 0 aliphatic carbocycles. The van der Waals surface area contributed by atoms with Crippen molar-refractivity contribution in [1.29, 1.82) is 0 Å². The minimum absolute atomic E-state index is 0.203. The van der Waals surface area contributed by atoms with E-state index in [-0.39, 0.29) is 11.2 Å². The highest BCUT2D eigenvalue weighted by Crippen LogP contribution is 2.29. The van der Waals surface area contributed by atoms with Crippen LogP contribution in [-0.4, -0.2) is 20.4 Å². The molecular formula is C18H14O6. The van der Waals surface area contributed by atoms with Crippen molar-refractivity contribution in [2.75, 3.05) is 14.2 Å². The fourth-order valence-electron chi connectivity index (χ4n) is 2.36. The number of methoxy groups -OCH3 is 2. The number of fused-ring (bicyclic) bond motifs is 1. The molecule has 1 heterocycles. The Bertz CT molecular complexity index is 957. The van der Waals surface area contributed by atoms with E-state index in [0.29, 0.717) is 27.8 Å². The van der Waals surface area contributed by atoms with Crippen LogP contribution in [0.3, 0.4) is 0 Å². The second-order valence-electron chi connectivity index (χ2n) is 4.89. The summed E-state index contributed by atoms with van der Waals surface area (Å²) in [5, 5.41) is 0.371. The molecule has 3 rings (SSSR count). The minimum Gasteiger partial charge on any atom is -0.496 e. The molecule has 1 aromatic heterocycles. The summed E-state index contributed by atoms with van der Waals surface area (Å²) in [6.45, 7) is 0. The van der Waals surface area contributed by atoms with E-state index in [0.717, 1.165) is 0 Å². The third kappa shape index (κ3) is 2.81. The topological polar surface area (TPSA) is 75.0 Å². The molecule has 6 heteroatoms. The zero-order valence-corrected chi connectivity index (χ0v) is 13.1. The largest absolute Gasteiger partial charge is 0.513 e. The zero-order chi connectivity index (χ0) is 17.1. The molecule has 0 bridgehead atoms. The van der Waals surface area contributed by atoms with Crippen LogP contribution in [0, 0.1) is 0 Å². The number of rotatable bonds is 3. The summed E-state index contributed by atoms with van der Waals surface area (Å²) in [5.74, 6) is 0.803. The molecule has 0 aliphatic rings. The lowest BCUT2D eigenvalue weighted by atomic mass is 10.0. The van der Waals surface area contributed by atoms with E-state index >= 15 is 0 Å². The van der Waals surface area contributed by atoms with Crippen LogP contribution in [0.1, 0.15) is 0 Å². The van der Waals surface area contributed by atoms with Crippen LogP contribution in [0.2, 0.25) is 0 Å². The molecule has 0 saturated heterocycles. The van der Waals surface area contributed by atoms with E-state index < -0.39 is 6.16 Å². The highest BCUT2D eigenvalue weighted by Gasteiger charge is 2.14. The number of ether oxygens (including phenoxy) is 3. The van der Waals surface area contributed by atoms with Gasteiger partial charge in [-0.2, -0.15) is 0 Å². The van der Waals surface area contributed by atoms with E-state index in [1.165, 1.54) is 32.6 Å². The third-order valence-corrected chi connectivity index (χ3v) is 3.51. The van der Waals surface area contributed by atoms with Crippen LogP contribution < -0.4 is 14.9 Å². The number of hydrogen-bond donors (Lipinski definition) is 0. The summed E-state index contributed by atoms with van der Waals surface area (Å²) in [6, 6.07) is 11.7. The fourth-order valence-corrected chi connectivity index (χ4v) is 2.36. The highest BCUT2D eigenvalue weighted by molar-refractivity contribution is 5.84. The first-order valence-corrected chi connectivity index (χ1v) is 7.09. The maximum atomic E-state index is 12.7. The van der Waals surface area contributed by atoms with Crippen LogP contribution in [0.5, 0.6) is 11.5 Å². The van der Waals surface area contributed by atoms with Gasteiger partial charge in [-0.25, -0.2) is 4.79 Å². The molecule has 2 aromatic carbocycles. The minimum atomic E-state index is -0.845. The molecule has 0 aliphatic heterocycles. The van der Waals surface area contributed by atoms with Crippen LogP contribution in [0.4, 0.5) is 4.79 Å². The Morgan fingerprint density at radius 2 is 1.83 bits per heavy atom. The smallest absolute Gasteiger partial charge is 0.496 e. The van der Waals surface area contributed by atoms with Gasteiger partial charge in [-0.15, -0.1) is 0 Å². The molecule has 0 N–H and O–H groups in total. The van der Waals surface area contributed by atoms with Gasteiger partial charge in [-0.1, -0.05) is 18.2 Å². The lowest BCUT2D eigenvalue weighted by Gasteiger charge is -2.08. The lowest BCUT2D eigenvalue weighted by Crippen LogP contribution is -2.08. The van der Waals surface area contributed by atoms with Crippen molar-refractivity contribution in [1.82, 2.24) is 0 Å². The number of carbonyl (C=O) groups excluding carboxylic acids is 1. The molecule has 0 saturated carbocycles. The monoisotopic (exact) mass is 326 g/mol. The van der Waals surface area contributed by atoms with Gasteiger partial charge in [0.05, 0.1) is 25.2 Å². The Hall–Kier alpha value is -3.28. The van der Waals surface area contributed by atoms with E-state index in [4.69, 9.17) is 13.9 Å². The first-order valence-electron chi connectivity index (χ1n) is 7.09. The first-order chi connectivity index (χ1) is 11.6. The van der Waals surface area contributed by atoms with Crippen molar-refractivity contribution in [2.24, 2.45) is 0 Å². The van der Waals surface area contributed by atoms with Gasteiger partial charge in [0.1, 0.15) is 23.3 Å². The summed E-state index contributed by atoms with van der Waals surface area (Å²) in [4.78, 5) is 23.9. The molecule has 0 fully saturated rings. The summed E-state index contributed by atoms with van der Waals surface area (Å²) < 4.78 is 20.2. The van der Waals surface area contributed by atoms with E-state index in [9.17, 15) is 9.59 Å². The Balaban J connectivity index is 2.10. The predicted octanol–water partition coefficient (Wildman–Crippen LogP) is 3.61. The molecule has 3 aromatic rings. The lowest BCUT2D eigenvalue weighted by molar-refractivity contribution is 0.121. The quantitative estimate of drug-likeness (QED) is 0.540. The zero-order valence-electron chi connectivity index (χ0n) is 13.1. The van der Waals surface area contributed by atoms with Gasteiger partial charge < -0.3 is 18.6 Å². The van der Waals surface area contributed by atoms with Crippen LogP contribution in [0.15, 0.2) is 57.9 Å². The standard InChI is InChI=1S/C18H14O6/c1-21-15-6-4-3-5-12(15)14-10-23-16-9-11(24-18(20)22-2)7-8-13(16)17(14)19/h3-10H,1-2H3. The van der Waals surface area contributed by atoms with Gasteiger partial charge in [0.2, 0.25) is 5.43 Å². The van der Waals surface area contributed by atoms with Crippen LogP contribution >= 0.6 is 0 Å². The van der Waals surface area contributed by atoms with Crippen molar-refractivity contribution in [3.8, 4) is 22.6 Å². The molecule has 0 unspecified atom stereocenters. The van der Waals surface area contributed by atoms with Crippen LogP contribution in [-0.2, 0) is 4.74 Å². The Labute approximate surface area is 137 Å². The molecule has 122 valence electrons. The number of carbonyl (C=O) groups is 1. The Kier molecular flexibility index (Phi) is 4.20. The summed E-state index contributed by atoms with van der Waals surface area (Å²) in [7, 11) is 2.75. The Morgan fingerprint density at radius 1 is 1.04 bits per heavy atom. The van der Waals surface area contributed by atoms with Crippen molar-refractivity contribution in [3.63, 3.8) is 0 Å². The summed E-state index contributed by atoms with van der Waals surface area (Å²) in [6.07, 6.45) is 0.520. The maximum Gasteiger partial charge on any atom is 0.513 e. The van der Waals surface area contributed by atoms with Gasteiger partial charge in [-0.05, 0) is 18.2 Å². The van der Waals surface area contributed by atoms with E-state index in [1.54, 1.807) is 18.2 Å². The summed E-state index contributed by atoms with van der Waals surface area (Å²) in [5.41, 5.74) is 1.14. The van der Waals surface area contributed by atoms with Gasteiger partial charge in [0, 0.05) is 11.6 Å². The maximum absolute atomic E-state index is 12.7. The van der Waals surface area contributed by atoms with Crippen LogP contribution in [0.25, 0.3) is 22.1 Å². The van der Waals surface area contributed by atoms with Gasteiger partial charge in [0.25, 0.3) is 0 Å². The molecular weight excluding hydrogens is 312 g/mol. The second kappa shape index (κ2) is 6.45. The van der Waals surface area contributed by atoms with Crippen molar-refractivity contribution < 1.29 is 23.4 Å². The van der Waals surface area contributed by atoms with Gasteiger partial charge >= 0.3 is 6.16 Å². The van der Waals surface area contributed by atoms with E-state index in [2.05, 4.69) is 4.74 Å². The molecule has 0 amide bonds. The number of benzene rings is 2. The normalized spacial score (nSPS) is 10.4. The van der Waals surface area contributed by atoms with Gasteiger partial charge in [0.15, 0.2) is 0 Å². The average Bonchev–Trinajstić information content (AvgIpc) is 2.62. The number of hydrogen-bond acceptors (Lipinski definition) is 6. The summed E-state index contributed by atoms with van der Waals surface area (Å²) >= 11 is 0. The second-order valence-corrected chi connectivity index (χ2v) is 4.89. The SMILES string of the molecule is COC(=O)Oc1ccc2c(=O)c(-c3ccccc3OC)coc2c1. The first kappa shape index (κ1) is 15.6. The van der Waals surface area contributed by atoms with Crippen molar-refractivity contribution in [3.05, 3.63) is 59.0 Å².